The first kappa shape index (κ1) is 22.7. The zero-order chi connectivity index (χ0) is 21.9. The van der Waals surface area contributed by atoms with Gasteiger partial charge in [0.15, 0.2) is 0 Å². The standard InChI is InChI=1S/C21H28F3N3O2S/c1-15(2)30(28,29)26-17-7-5-16(6-8-17)14-25-18-9-10-20(27-11-3-4-12-27)19(13-18)21(22,23)24/h3-4,9-13,15-17,25-26H,5-8,14H2,1-2H3/t16-,17-. The van der Waals surface area contributed by atoms with Crippen LogP contribution in [0, 0.1) is 5.92 Å². The summed E-state index contributed by atoms with van der Waals surface area (Å²) in [6.07, 6.45) is 1.84. The fourth-order valence-corrected chi connectivity index (χ4v) is 4.68. The van der Waals surface area contributed by atoms with Crippen molar-refractivity contribution in [3.63, 3.8) is 0 Å². The highest BCUT2D eigenvalue weighted by atomic mass is 32.2. The van der Waals surface area contributed by atoms with E-state index in [1.165, 1.54) is 10.6 Å². The summed E-state index contributed by atoms with van der Waals surface area (Å²) in [6.45, 7) is 3.85. The van der Waals surface area contributed by atoms with Gasteiger partial charge in [-0.25, -0.2) is 13.1 Å². The second-order valence-corrected chi connectivity index (χ2v) is 10.4. The third-order valence-corrected chi connectivity index (χ3v) is 7.48. The summed E-state index contributed by atoms with van der Waals surface area (Å²) < 4.78 is 68.9. The Morgan fingerprint density at radius 2 is 1.73 bits per heavy atom. The summed E-state index contributed by atoms with van der Waals surface area (Å²) in [7, 11) is -3.29. The monoisotopic (exact) mass is 443 g/mol. The number of benzene rings is 1. The number of alkyl halides is 3. The fourth-order valence-electron chi connectivity index (χ4n) is 3.71. The predicted octanol–water partition coefficient (Wildman–Crippen LogP) is 4.79. The van der Waals surface area contributed by atoms with Gasteiger partial charge in [0, 0.05) is 30.7 Å². The molecule has 0 aliphatic heterocycles. The van der Waals surface area contributed by atoms with Crippen molar-refractivity contribution in [2.75, 3.05) is 11.9 Å². The first-order chi connectivity index (χ1) is 14.1. The van der Waals surface area contributed by atoms with Gasteiger partial charge in [0.25, 0.3) is 0 Å². The lowest BCUT2D eigenvalue weighted by atomic mass is 9.86. The average Bonchev–Trinajstić information content (AvgIpc) is 3.21. The Bertz CT molecular complexity index is 933. The molecule has 1 aliphatic rings. The topological polar surface area (TPSA) is 63.1 Å². The van der Waals surface area contributed by atoms with Crippen molar-refractivity contribution in [2.45, 2.75) is 57.0 Å². The van der Waals surface area contributed by atoms with Crippen molar-refractivity contribution < 1.29 is 21.6 Å². The highest BCUT2D eigenvalue weighted by Gasteiger charge is 2.34. The molecule has 9 heteroatoms. The van der Waals surface area contributed by atoms with Crippen molar-refractivity contribution in [3.8, 4) is 5.69 Å². The zero-order valence-corrected chi connectivity index (χ0v) is 17.9. The smallest absolute Gasteiger partial charge is 0.385 e. The lowest BCUT2D eigenvalue weighted by Crippen LogP contribution is -2.41. The van der Waals surface area contributed by atoms with Crippen LogP contribution in [0.15, 0.2) is 42.7 Å². The number of nitrogens with one attached hydrogen (secondary N) is 2. The molecule has 1 saturated carbocycles. The Kier molecular flexibility index (Phi) is 6.81. The van der Waals surface area contributed by atoms with Crippen LogP contribution in [0.4, 0.5) is 18.9 Å². The molecule has 0 saturated heterocycles. The van der Waals surface area contributed by atoms with E-state index in [-0.39, 0.29) is 11.7 Å². The summed E-state index contributed by atoms with van der Waals surface area (Å²) >= 11 is 0. The highest BCUT2D eigenvalue weighted by Crippen LogP contribution is 2.36. The van der Waals surface area contributed by atoms with Gasteiger partial charge < -0.3 is 9.88 Å². The maximum atomic E-state index is 13.6. The maximum Gasteiger partial charge on any atom is 0.418 e. The van der Waals surface area contributed by atoms with Crippen LogP contribution in [0.2, 0.25) is 0 Å². The summed E-state index contributed by atoms with van der Waals surface area (Å²) in [6, 6.07) is 7.59. The van der Waals surface area contributed by atoms with Crippen LogP contribution >= 0.6 is 0 Å². The lowest BCUT2D eigenvalue weighted by Gasteiger charge is -2.30. The molecule has 0 radical (unpaired) electrons. The van der Waals surface area contributed by atoms with E-state index in [1.807, 2.05) is 0 Å². The number of anilines is 1. The Hall–Kier alpha value is -2.00. The summed E-state index contributed by atoms with van der Waals surface area (Å²) in [5.74, 6) is 0.295. The molecule has 0 atom stereocenters. The van der Waals surface area contributed by atoms with Gasteiger partial charge in [-0.2, -0.15) is 13.2 Å². The molecule has 1 aromatic heterocycles. The number of hydrogen-bond donors (Lipinski definition) is 2. The third kappa shape index (κ3) is 5.57. The molecule has 0 amide bonds. The molecule has 0 unspecified atom stereocenters. The second kappa shape index (κ2) is 9.01. The number of sulfonamides is 1. The largest absolute Gasteiger partial charge is 0.418 e. The SMILES string of the molecule is CC(C)S(=O)(=O)N[C@H]1CC[C@H](CNc2ccc(-n3cccc3)c(C(F)(F)F)c2)CC1. The molecule has 1 aromatic carbocycles. The van der Waals surface area contributed by atoms with Gasteiger partial charge in [0.1, 0.15) is 0 Å². The summed E-state index contributed by atoms with van der Waals surface area (Å²) in [5.41, 5.74) is -0.160. The van der Waals surface area contributed by atoms with Crippen LogP contribution in [0.1, 0.15) is 45.1 Å². The molecule has 0 bridgehead atoms. The number of aromatic nitrogens is 1. The number of halogens is 3. The van der Waals surface area contributed by atoms with Gasteiger partial charge in [-0.3, -0.25) is 0 Å². The molecule has 0 spiro atoms. The molecule has 3 rings (SSSR count). The van der Waals surface area contributed by atoms with Gasteiger partial charge in [0.2, 0.25) is 10.0 Å². The van der Waals surface area contributed by atoms with E-state index in [4.69, 9.17) is 0 Å². The first-order valence-electron chi connectivity index (χ1n) is 10.2. The molecule has 2 N–H and O–H groups in total. The molecular formula is C21H28F3N3O2S. The normalized spacial score (nSPS) is 20.5. The van der Waals surface area contributed by atoms with Crippen molar-refractivity contribution in [1.82, 2.24) is 9.29 Å². The van der Waals surface area contributed by atoms with Gasteiger partial charge in [-0.05, 0) is 75.8 Å². The minimum absolute atomic E-state index is 0.0636. The molecular weight excluding hydrogens is 415 g/mol. The van der Waals surface area contributed by atoms with E-state index >= 15 is 0 Å². The number of hydrogen-bond acceptors (Lipinski definition) is 3. The lowest BCUT2D eigenvalue weighted by molar-refractivity contribution is -0.137. The predicted molar refractivity (Wildman–Crippen MR) is 112 cm³/mol. The maximum absolute atomic E-state index is 13.6. The minimum atomic E-state index is -4.46. The zero-order valence-electron chi connectivity index (χ0n) is 17.1. The molecule has 166 valence electrons. The van der Waals surface area contributed by atoms with Gasteiger partial charge in [-0.1, -0.05) is 0 Å². The quantitative estimate of drug-likeness (QED) is 0.647. The van der Waals surface area contributed by atoms with Crippen molar-refractivity contribution in [1.29, 1.82) is 0 Å². The Morgan fingerprint density at radius 1 is 1.10 bits per heavy atom. The van der Waals surface area contributed by atoms with Gasteiger partial charge in [-0.15, -0.1) is 0 Å². The average molecular weight is 444 g/mol. The van der Waals surface area contributed by atoms with Crippen LogP contribution < -0.4 is 10.0 Å². The molecule has 30 heavy (non-hydrogen) atoms. The molecule has 1 heterocycles. The summed E-state index contributed by atoms with van der Waals surface area (Å²) in [5, 5.41) is 2.67. The first-order valence-corrected chi connectivity index (χ1v) is 11.7. The number of rotatable bonds is 7. The number of nitrogens with zero attached hydrogens (tertiary/aromatic N) is 1. The van der Waals surface area contributed by atoms with Crippen LogP contribution in [0.25, 0.3) is 5.69 Å². The van der Waals surface area contributed by atoms with E-state index in [9.17, 15) is 21.6 Å². The summed E-state index contributed by atoms with van der Waals surface area (Å²) in [4.78, 5) is 0. The molecule has 2 aromatic rings. The van der Waals surface area contributed by atoms with E-state index in [0.29, 0.717) is 18.2 Å². The van der Waals surface area contributed by atoms with Crippen molar-refractivity contribution in [2.24, 2.45) is 5.92 Å². The van der Waals surface area contributed by atoms with Crippen LogP contribution in [-0.4, -0.2) is 30.8 Å². The molecule has 5 nitrogen and oxygen atoms in total. The van der Waals surface area contributed by atoms with E-state index in [0.717, 1.165) is 31.7 Å². The van der Waals surface area contributed by atoms with Crippen LogP contribution in [0.3, 0.4) is 0 Å². The Labute approximate surface area is 175 Å². The van der Waals surface area contributed by atoms with Crippen molar-refractivity contribution in [3.05, 3.63) is 48.3 Å². The van der Waals surface area contributed by atoms with Gasteiger partial charge in [0.05, 0.1) is 16.5 Å². The van der Waals surface area contributed by atoms with Crippen LogP contribution in [0.5, 0.6) is 0 Å². The van der Waals surface area contributed by atoms with E-state index in [2.05, 4.69) is 10.0 Å². The van der Waals surface area contributed by atoms with Crippen LogP contribution in [-0.2, 0) is 16.2 Å². The Morgan fingerprint density at radius 3 is 2.30 bits per heavy atom. The van der Waals surface area contributed by atoms with Crippen molar-refractivity contribution >= 4 is 15.7 Å². The highest BCUT2D eigenvalue weighted by molar-refractivity contribution is 7.90. The molecule has 1 aliphatic carbocycles. The fraction of sp³-hybridized carbons (Fsp3) is 0.524. The minimum Gasteiger partial charge on any atom is -0.385 e. The molecule has 1 fully saturated rings. The van der Waals surface area contributed by atoms with E-state index < -0.39 is 27.0 Å². The third-order valence-electron chi connectivity index (χ3n) is 5.58. The van der Waals surface area contributed by atoms with E-state index in [1.54, 1.807) is 44.4 Å². The van der Waals surface area contributed by atoms with Gasteiger partial charge >= 0.3 is 6.18 Å². The second-order valence-electron chi connectivity index (χ2n) is 8.13. The Balaban J connectivity index is 1.59.